The van der Waals surface area contributed by atoms with Crippen molar-refractivity contribution in [2.45, 2.75) is 50.4 Å². The number of benzene rings is 1. The highest BCUT2D eigenvalue weighted by atomic mass is 16.5. The average Bonchev–Trinajstić information content (AvgIpc) is 2.46. The van der Waals surface area contributed by atoms with Crippen molar-refractivity contribution in [3.05, 3.63) is 35.4 Å². The molecule has 1 spiro atoms. The quantitative estimate of drug-likeness (QED) is 0.917. The van der Waals surface area contributed by atoms with Gasteiger partial charge in [-0.15, -0.1) is 0 Å². The summed E-state index contributed by atoms with van der Waals surface area (Å²) in [7, 11) is 1.70. The van der Waals surface area contributed by atoms with Gasteiger partial charge in [-0.1, -0.05) is 24.3 Å². The first kappa shape index (κ1) is 14.1. The molecule has 0 bridgehead atoms. The van der Waals surface area contributed by atoms with Crippen molar-refractivity contribution in [3.8, 4) is 0 Å². The molecule has 20 heavy (non-hydrogen) atoms. The molecule has 2 aliphatic rings. The molecule has 0 aromatic heterocycles. The maximum Gasteiger partial charge on any atom is 0.0820 e. The van der Waals surface area contributed by atoms with E-state index in [4.69, 9.17) is 9.47 Å². The number of ether oxygens (including phenoxy) is 2. The average molecular weight is 276 g/mol. The number of aliphatic hydroxyl groups excluding tert-OH is 1. The second-order valence-electron chi connectivity index (χ2n) is 6.26. The lowest BCUT2D eigenvalue weighted by Crippen LogP contribution is -2.46. The van der Waals surface area contributed by atoms with Crippen LogP contribution >= 0.6 is 0 Å². The SMILES string of the molecule is COCc1cccc(C(O)C2CCOC3(CCC3)C2)c1. The third-order valence-electron chi connectivity index (χ3n) is 4.85. The van der Waals surface area contributed by atoms with Crippen LogP contribution in [-0.4, -0.2) is 24.4 Å². The van der Waals surface area contributed by atoms with Crippen molar-refractivity contribution >= 4 is 0 Å². The summed E-state index contributed by atoms with van der Waals surface area (Å²) in [4.78, 5) is 0. The van der Waals surface area contributed by atoms with E-state index in [1.54, 1.807) is 7.11 Å². The van der Waals surface area contributed by atoms with Gasteiger partial charge in [0.1, 0.15) is 0 Å². The van der Waals surface area contributed by atoms with Gasteiger partial charge >= 0.3 is 0 Å². The zero-order valence-corrected chi connectivity index (χ0v) is 12.2. The first-order valence-corrected chi connectivity index (χ1v) is 7.62. The Balaban J connectivity index is 1.71. The van der Waals surface area contributed by atoms with Crippen molar-refractivity contribution in [1.29, 1.82) is 0 Å². The van der Waals surface area contributed by atoms with Gasteiger partial charge in [-0.05, 0) is 49.1 Å². The van der Waals surface area contributed by atoms with E-state index in [9.17, 15) is 5.11 Å². The maximum atomic E-state index is 10.7. The van der Waals surface area contributed by atoms with Crippen molar-refractivity contribution in [3.63, 3.8) is 0 Å². The minimum Gasteiger partial charge on any atom is -0.388 e. The van der Waals surface area contributed by atoms with Crippen LogP contribution in [0.3, 0.4) is 0 Å². The van der Waals surface area contributed by atoms with Gasteiger partial charge in [0.15, 0.2) is 0 Å². The fourth-order valence-corrected chi connectivity index (χ4v) is 3.56. The van der Waals surface area contributed by atoms with E-state index >= 15 is 0 Å². The molecule has 1 aliphatic heterocycles. The van der Waals surface area contributed by atoms with Crippen molar-refractivity contribution < 1.29 is 14.6 Å². The summed E-state index contributed by atoms with van der Waals surface area (Å²) in [6, 6.07) is 8.13. The van der Waals surface area contributed by atoms with Crippen LogP contribution in [0.5, 0.6) is 0 Å². The highest BCUT2D eigenvalue weighted by Gasteiger charge is 2.44. The Labute approximate surface area is 120 Å². The largest absolute Gasteiger partial charge is 0.388 e. The molecule has 1 saturated heterocycles. The molecule has 0 amide bonds. The minimum atomic E-state index is -0.381. The zero-order chi connectivity index (χ0) is 14.0. The van der Waals surface area contributed by atoms with Gasteiger partial charge in [-0.25, -0.2) is 0 Å². The fourth-order valence-electron chi connectivity index (χ4n) is 3.56. The monoisotopic (exact) mass is 276 g/mol. The molecule has 1 aliphatic carbocycles. The molecule has 3 rings (SSSR count). The number of hydrogen-bond acceptors (Lipinski definition) is 3. The van der Waals surface area contributed by atoms with E-state index in [-0.39, 0.29) is 11.7 Å². The molecule has 3 heteroatoms. The Morgan fingerprint density at radius 2 is 2.30 bits per heavy atom. The number of aliphatic hydroxyl groups is 1. The molecule has 1 saturated carbocycles. The van der Waals surface area contributed by atoms with Gasteiger partial charge in [-0.3, -0.25) is 0 Å². The Kier molecular flexibility index (Phi) is 4.11. The standard InChI is InChI=1S/C17H24O3/c1-19-12-13-4-2-5-14(10-13)16(18)15-6-9-20-17(11-15)7-3-8-17/h2,4-5,10,15-16,18H,3,6-9,11-12H2,1H3. The normalized spacial score (nSPS) is 26.2. The Morgan fingerprint density at radius 1 is 1.45 bits per heavy atom. The molecule has 3 nitrogen and oxygen atoms in total. The topological polar surface area (TPSA) is 38.7 Å². The molecule has 110 valence electrons. The van der Waals surface area contributed by atoms with Gasteiger partial charge in [0.05, 0.1) is 18.3 Å². The first-order chi connectivity index (χ1) is 9.72. The molecule has 1 N–H and O–H groups in total. The molecule has 2 atom stereocenters. The van der Waals surface area contributed by atoms with E-state index in [2.05, 4.69) is 6.07 Å². The maximum absolute atomic E-state index is 10.7. The van der Waals surface area contributed by atoms with Crippen molar-refractivity contribution in [1.82, 2.24) is 0 Å². The Morgan fingerprint density at radius 3 is 3.00 bits per heavy atom. The van der Waals surface area contributed by atoms with Crippen LogP contribution in [0.2, 0.25) is 0 Å². The lowest BCUT2D eigenvalue weighted by molar-refractivity contribution is -0.157. The van der Waals surface area contributed by atoms with Gasteiger partial charge in [-0.2, -0.15) is 0 Å². The van der Waals surface area contributed by atoms with Crippen molar-refractivity contribution in [2.75, 3.05) is 13.7 Å². The summed E-state index contributed by atoms with van der Waals surface area (Å²) in [6.07, 6.45) is 5.18. The third-order valence-corrected chi connectivity index (χ3v) is 4.85. The van der Waals surface area contributed by atoms with E-state index in [1.807, 2.05) is 18.2 Å². The highest BCUT2D eigenvalue weighted by molar-refractivity contribution is 5.25. The van der Waals surface area contributed by atoms with Gasteiger partial charge in [0.2, 0.25) is 0 Å². The van der Waals surface area contributed by atoms with Crippen LogP contribution in [-0.2, 0) is 16.1 Å². The van der Waals surface area contributed by atoms with Crippen molar-refractivity contribution in [2.24, 2.45) is 5.92 Å². The van der Waals surface area contributed by atoms with Gasteiger partial charge in [0.25, 0.3) is 0 Å². The van der Waals surface area contributed by atoms with Crippen LogP contribution in [0, 0.1) is 5.92 Å². The zero-order valence-electron chi connectivity index (χ0n) is 12.2. The van der Waals surface area contributed by atoms with E-state index in [1.165, 1.54) is 19.3 Å². The smallest absolute Gasteiger partial charge is 0.0820 e. The van der Waals surface area contributed by atoms with E-state index in [0.29, 0.717) is 12.5 Å². The number of rotatable bonds is 4. The highest BCUT2D eigenvalue weighted by Crippen LogP contribution is 2.47. The van der Waals surface area contributed by atoms with Crippen LogP contribution in [0.1, 0.15) is 49.3 Å². The molecule has 1 heterocycles. The summed E-state index contributed by atoms with van der Waals surface area (Å²) in [5, 5.41) is 10.7. The van der Waals surface area contributed by atoms with Gasteiger partial charge in [0, 0.05) is 13.7 Å². The second-order valence-corrected chi connectivity index (χ2v) is 6.26. The molecule has 1 aromatic rings. The summed E-state index contributed by atoms with van der Waals surface area (Å²) in [6.45, 7) is 1.39. The fraction of sp³-hybridized carbons (Fsp3) is 0.647. The van der Waals surface area contributed by atoms with Crippen LogP contribution < -0.4 is 0 Å². The second kappa shape index (κ2) is 5.84. The molecular weight excluding hydrogens is 252 g/mol. The number of methoxy groups -OCH3 is 1. The predicted molar refractivity (Wildman–Crippen MR) is 77.4 cm³/mol. The summed E-state index contributed by atoms with van der Waals surface area (Å²) in [5.74, 6) is 0.321. The Bertz CT molecular complexity index is 453. The Hall–Kier alpha value is -0.900. The summed E-state index contributed by atoms with van der Waals surface area (Å²) in [5.41, 5.74) is 2.23. The van der Waals surface area contributed by atoms with E-state index in [0.717, 1.165) is 30.6 Å². The molecular formula is C17H24O3. The van der Waals surface area contributed by atoms with Crippen LogP contribution in [0.25, 0.3) is 0 Å². The molecule has 2 unspecified atom stereocenters. The van der Waals surface area contributed by atoms with Gasteiger partial charge < -0.3 is 14.6 Å². The molecule has 1 aromatic carbocycles. The summed E-state index contributed by atoms with van der Waals surface area (Å²) < 4.78 is 11.1. The summed E-state index contributed by atoms with van der Waals surface area (Å²) >= 11 is 0. The first-order valence-electron chi connectivity index (χ1n) is 7.62. The van der Waals surface area contributed by atoms with Crippen LogP contribution in [0.4, 0.5) is 0 Å². The lowest BCUT2D eigenvalue weighted by atomic mass is 9.70. The van der Waals surface area contributed by atoms with Crippen LogP contribution in [0.15, 0.2) is 24.3 Å². The molecule has 0 radical (unpaired) electrons. The predicted octanol–water partition coefficient (Wildman–Crippen LogP) is 3.22. The number of hydrogen-bond donors (Lipinski definition) is 1. The molecule has 2 fully saturated rings. The van der Waals surface area contributed by atoms with E-state index < -0.39 is 0 Å². The third kappa shape index (κ3) is 2.76. The lowest BCUT2D eigenvalue weighted by Gasteiger charge is -2.48. The minimum absolute atomic E-state index is 0.0913.